The number of carbonyl (C=O) groups is 2. The maximum absolute atomic E-state index is 13.7. The summed E-state index contributed by atoms with van der Waals surface area (Å²) in [7, 11) is 0. The maximum Gasteiger partial charge on any atom is 0.343 e. The molecule has 3 aromatic rings. The zero-order chi connectivity index (χ0) is 21.7. The summed E-state index contributed by atoms with van der Waals surface area (Å²) in [6, 6.07) is 15.7. The fourth-order valence-electron chi connectivity index (χ4n) is 2.61. The van der Waals surface area contributed by atoms with Crippen molar-refractivity contribution < 1.29 is 23.9 Å². The number of carbonyl (C=O) groups excluding carboxylic acids is 2. The summed E-state index contributed by atoms with van der Waals surface area (Å²) in [5.74, 6) is -2.09. The highest BCUT2D eigenvalue weighted by atomic mass is 19.1. The number of halogens is 1. The second kappa shape index (κ2) is 9.13. The number of anilines is 1. The van der Waals surface area contributed by atoms with E-state index in [4.69, 9.17) is 9.94 Å². The minimum absolute atomic E-state index is 0.0644. The Balaban J connectivity index is 1.81. The molecular formula is C23H17FNO5-. The number of ketones is 1. The van der Waals surface area contributed by atoms with E-state index in [0.717, 1.165) is 23.3 Å². The molecule has 0 saturated heterocycles. The van der Waals surface area contributed by atoms with Gasteiger partial charge in [-0.05, 0) is 61.0 Å². The molecule has 0 aliphatic carbocycles. The number of benzene rings is 3. The lowest BCUT2D eigenvalue weighted by Gasteiger charge is -2.21. The predicted octanol–water partition coefficient (Wildman–Crippen LogP) is 4.94. The average molecular weight is 406 g/mol. The molecule has 0 bridgehead atoms. The normalized spacial score (nSPS) is 10.8. The van der Waals surface area contributed by atoms with Gasteiger partial charge in [-0.15, -0.1) is 0 Å². The Labute approximate surface area is 172 Å². The Morgan fingerprint density at radius 1 is 1.03 bits per heavy atom. The molecule has 1 N–H and O–H groups in total. The fraction of sp³-hybridized carbons (Fsp3) is 0.0435. The van der Waals surface area contributed by atoms with Crippen LogP contribution in [-0.2, 0) is 0 Å². The Kier molecular flexibility index (Phi) is 6.36. The molecule has 30 heavy (non-hydrogen) atoms. The van der Waals surface area contributed by atoms with Crippen LogP contribution in [-0.4, -0.2) is 17.0 Å². The lowest BCUT2D eigenvalue weighted by Crippen LogP contribution is -2.12. The topological polar surface area (TPSA) is 89.9 Å². The lowest BCUT2D eigenvalue weighted by atomic mass is 10.1. The first-order valence-electron chi connectivity index (χ1n) is 8.90. The van der Waals surface area contributed by atoms with Gasteiger partial charge in [0.2, 0.25) is 0 Å². The third-order valence-corrected chi connectivity index (χ3v) is 4.24. The van der Waals surface area contributed by atoms with Crippen LogP contribution in [0.4, 0.5) is 10.1 Å². The van der Waals surface area contributed by atoms with Crippen LogP contribution in [0.1, 0.15) is 31.8 Å². The van der Waals surface area contributed by atoms with Gasteiger partial charge in [0.1, 0.15) is 11.6 Å². The van der Waals surface area contributed by atoms with E-state index in [2.05, 4.69) is 0 Å². The van der Waals surface area contributed by atoms with Crippen molar-refractivity contribution in [3.63, 3.8) is 0 Å². The average Bonchev–Trinajstić information content (AvgIpc) is 2.74. The summed E-state index contributed by atoms with van der Waals surface area (Å²) in [5, 5.41) is 19.3. The first-order chi connectivity index (χ1) is 14.3. The SMILES string of the molecule is Cc1ccc(C=CC(=O)c2cc(F)ccc2OC(=O)c2ccc(N([O-])O)cc2)cc1. The van der Waals surface area contributed by atoms with Crippen LogP contribution < -0.4 is 9.96 Å². The van der Waals surface area contributed by atoms with E-state index in [1.807, 2.05) is 31.2 Å². The standard InChI is InChI=1S/C23H17FNO5/c1-15-2-4-16(5-3-15)6-12-21(26)20-14-18(24)9-13-22(20)30-23(27)17-7-10-19(11-8-17)25(28)29/h2-14,28H,1H3/q-1. The fourth-order valence-corrected chi connectivity index (χ4v) is 2.61. The number of nitrogens with zero attached hydrogens (tertiary/aromatic N) is 1. The molecule has 0 heterocycles. The van der Waals surface area contributed by atoms with Crippen LogP contribution >= 0.6 is 0 Å². The van der Waals surface area contributed by atoms with E-state index >= 15 is 0 Å². The van der Waals surface area contributed by atoms with E-state index in [-0.39, 0.29) is 27.8 Å². The zero-order valence-corrected chi connectivity index (χ0v) is 15.9. The molecule has 0 amide bonds. The highest BCUT2D eigenvalue weighted by Crippen LogP contribution is 2.23. The van der Waals surface area contributed by atoms with Gasteiger partial charge in [-0.1, -0.05) is 35.9 Å². The first kappa shape index (κ1) is 20.9. The molecule has 7 heteroatoms. The number of aryl methyl sites for hydroxylation is 1. The summed E-state index contributed by atoms with van der Waals surface area (Å²) in [5.41, 5.74) is 1.78. The third-order valence-electron chi connectivity index (χ3n) is 4.24. The van der Waals surface area contributed by atoms with E-state index in [1.54, 1.807) is 6.08 Å². The van der Waals surface area contributed by atoms with Gasteiger partial charge in [0, 0.05) is 0 Å². The zero-order valence-electron chi connectivity index (χ0n) is 15.9. The van der Waals surface area contributed by atoms with Gasteiger partial charge in [-0.2, -0.15) is 0 Å². The van der Waals surface area contributed by atoms with Crippen LogP contribution in [0, 0.1) is 17.9 Å². The van der Waals surface area contributed by atoms with Crippen molar-refractivity contribution in [3.05, 3.63) is 106 Å². The number of rotatable bonds is 6. The third kappa shape index (κ3) is 5.16. The Hall–Kier alpha value is -3.81. The van der Waals surface area contributed by atoms with Crippen molar-refractivity contribution in [2.75, 3.05) is 5.23 Å². The highest BCUT2D eigenvalue weighted by Gasteiger charge is 2.16. The molecule has 0 aromatic heterocycles. The van der Waals surface area contributed by atoms with Crippen molar-refractivity contribution in [3.8, 4) is 5.75 Å². The number of ether oxygens (including phenoxy) is 1. The van der Waals surface area contributed by atoms with E-state index in [0.29, 0.717) is 0 Å². The molecule has 6 nitrogen and oxygen atoms in total. The molecule has 0 radical (unpaired) electrons. The predicted molar refractivity (Wildman–Crippen MR) is 110 cm³/mol. The molecule has 0 aliphatic heterocycles. The number of allylic oxidation sites excluding steroid dienone is 1. The van der Waals surface area contributed by atoms with Gasteiger partial charge >= 0.3 is 5.97 Å². The van der Waals surface area contributed by atoms with Crippen molar-refractivity contribution in [1.29, 1.82) is 0 Å². The molecular weight excluding hydrogens is 389 g/mol. The molecule has 0 unspecified atom stereocenters. The summed E-state index contributed by atoms with van der Waals surface area (Å²) in [4.78, 5) is 24.9. The monoisotopic (exact) mass is 406 g/mol. The maximum atomic E-state index is 13.7. The van der Waals surface area contributed by atoms with Gasteiger partial charge < -0.3 is 15.2 Å². The number of hydrogen-bond donors (Lipinski definition) is 1. The van der Waals surface area contributed by atoms with E-state index in [9.17, 15) is 19.2 Å². The molecule has 0 spiro atoms. The van der Waals surface area contributed by atoms with Crippen molar-refractivity contribution in [2.24, 2.45) is 0 Å². The summed E-state index contributed by atoms with van der Waals surface area (Å²) < 4.78 is 19.0. The van der Waals surface area contributed by atoms with Crippen molar-refractivity contribution >= 4 is 23.5 Å². The van der Waals surface area contributed by atoms with Crippen LogP contribution in [0.2, 0.25) is 0 Å². The number of esters is 1. The molecule has 0 atom stereocenters. The largest absolute Gasteiger partial charge is 0.733 e. The molecule has 152 valence electrons. The van der Waals surface area contributed by atoms with Crippen LogP contribution in [0.25, 0.3) is 6.08 Å². The van der Waals surface area contributed by atoms with Gasteiger partial charge in [0.25, 0.3) is 0 Å². The minimum Gasteiger partial charge on any atom is -0.733 e. The second-order valence-corrected chi connectivity index (χ2v) is 6.46. The van der Waals surface area contributed by atoms with Crippen LogP contribution in [0.15, 0.2) is 72.8 Å². The smallest absolute Gasteiger partial charge is 0.343 e. The molecule has 0 aliphatic rings. The van der Waals surface area contributed by atoms with Crippen LogP contribution in [0.3, 0.4) is 0 Å². The van der Waals surface area contributed by atoms with Crippen molar-refractivity contribution in [1.82, 2.24) is 0 Å². The van der Waals surface area contributed by atoms with Gasteiger partial charge in [-0.25, -0.2) is 9.18 Å². The second-order valence-electron chi connectivity index (χ2n) is 6.46. The molecule has 0 saturated carbocycles. The first-order valence-corrected chi connectivity index (χ1v) is 8.90. The quantitative estimate of drug-likeness (QED) is 0.205. The molecule has 3 aromatic carbocycles. The Bertz CT molecular complexity index is 1090. The minimum atomic E-state index is -0.805. The molecule has 0 fully saturated rings. The van der Waals surface area contributed by atoms with Crippen LogP contribution in [0.5, 0.6) is 5.75 Å². The number of hydrogen-bond acceptors (Lipinski definition) is 6. The summed E-state index contributed by atoms with van der Waals surface area (Å²) in [6.45, 7) is 1.94. The van der Waals surface area contributed by atoms with Gasteiger partial charge in [0.05, 0.1) is 16.8 Å². The van der Waals surface area contributed by atoms with Crippen molar-refractivity contribution in [2.45, 2.75) is 6.92 Å². The summed E-state index contributed by atoms with van der Waals surface area (Å²) >= 11 is 0. The van der Waals surface area contributed by atoms with Gasteiger partial charge in [0.15, 0.2) is 5.78 Å². The van der Waals surface area contributed by atoms with E-state index in [1.165, 1.54) is 36.4 Å². The highest BCUT2D eigenvalue weighted by molar-refractivity contribution is 6.09. The summed E-state index contributed by atoms with van der Waals surface area (Å²) in [6.07, 6.45) is 2.86. The lowest BCUT2D eigenvalue weighted by molar-refractivity contribution is 0.0733. The Morgan fingerprint density at radius 2 is 1.70 bits per heavy atom. The van der Waals surface area contributed by atoms with E-state index < -0.39 is 17.6 Å². The molecule has 3 rings (SSSR count). The van der Waals surface area contributed by atoms with Gasteiger partial charge in [-0.3, -0.25) is 10.0 Å². The Morgan fingerprint density at radius 3 is 2.33 bits per heavy atom.